The number of rotatable bonds is 3. The number of carbonyl (C=O) groups excluding carboxylic acids is 1. The first-order chi connectivity index (χ1) is 14.1. The van der Waals surface area contributed by atoms with Crippen molar-refractivity contribution in [1.29, 1.82) is 0 Å². The molecule has 0 fully saturated rings. The Balaban J connectivity index is 1.41. The molecule has 29 heavy (non-hydrogen) atoms. The molecule has 0 bridgehead atoms. The number of fused-ring (bicyclic) bond motifs is 3. The molecule has 0 unspecified atom stereocenters. The highest BCUT2D eigenvalue weighted by molar-refractivity contribution is 7.16. The molecule has 7 heteroatoms. The molecule has 2 N–H and O–H groups in total. The van der Waals surface area contributed by atoms with Crippen LogP contribution >= 0.6 is 34.5 Å². The van der Waals surface area contributed by atoms with Crippen LogP contribution in [0.15, 0.2) is 48.5 Å². The zero-order valence-corrected chi connectivity index (χ0v) is 17.9. The SMILES string of the molecule is O=C1N[C@H](c2c(Cl)cccc2Cl)Nc2sc3c(c21)CCN(Cc1ccccc1)C3. The molecule has 5 rings (SSSR count). The van der Waals surface area contributed by atoms with Crippen LogP contribution in [0, 0.1) is 0 Å². The summed E-state index contributed by atoms with van der Waals surface area (Å²) in [5, 5.41) is 8.45. The zero-order chi connectivity index (χ0) is 20.0. The molecule has 1 amide bonds. The van der Waals surface area contributed by atoms with Crippen LogP contribution in [-0.4, -0.2) is 17.4 Å². The maximum atomic E-state index is 13.0. The minimum absolute atomic E-state index is 0.0613. The Morgan fingerprint density at radius 3 is 2.55 bits per heavy atom. The minimum Gasteiger partial charge on any atom is -0.353 e. The van der Waals surface area contributed by atoms with Crippen LogP contribution in [0.4, 0.5) is 5.00 Å². The molecule has 0 saturated heterocycles. The van der Waals surface area contributed by atoms with E-state index in [1.807, 2.05) is 6.07 Å². The van der Waals surface area contributed by atoms with Crippen LogP contribution in [0.25, 0.3) is 0 Å². The molecule has 0 aliphatic carbocycles. The zero-order valence-electron chi connectivity index (χ0n) is 15.5. The summed E-state index contributed by atoms with van der Waals surface area (Å²) in [5.41, 5.74) is 3.96. The first-order valence-electron chi connectivity index (χ1n) is 9.52. The summed E-state index contributed by atoms with van der Waals surface area (Å²) in [4.78, 5) is 16.6. The Morgan fingerprint density at radius 1 is 1.03 bits per heavy atom. The predicted molar refractivity (Wildman–Crippen MR) is 119 cm³/mol. The van der Waals surface area contributed by atoms with Gasteiger partial charge in [-0.1, -0.05) is 59.6 Å². The molecule has 0 radical (unpaired) electrons. The van der Waals surface area contributed by atoms with Crippen molar-refractivity contribution in [3.8, 4) is 0 Å². The monoisotopic (exact) mass is 443 g/mol. The van der Waals surface area contributed by atoms with Gasteiger partial charge < -0.3 is 10.6 Å². The van der Waals surface area contributed by atoms with Crippen molar-refractivity contribution in [2.75, 3.05) is 11.9 Å². The number of benzene rings is 2. The molecular formula is C22H19Cl2N3OS. The molecule has 3 heterocycles. The lowest BCUT2D eigenvalue weighted by molar-refractivity contribution is 0.0934. The summed E-state index contributed by atoms with van der Waals surface area (Å²) in [6, 6.07) is 15.9. The molecule has 3 aromatic rings. The van der Waals surface area contributed by atoms with E-state index in [0.29, 0.717) is 15.6 Å². The van der Waals surface area contributed by atoms with E-state index in [4.69, 9.17) is 23.2 Å². The standard InChI is InChI=1S/C22H19Cl2N3OS/c23-15-7-4-8-16(24)19(15)20-25-21(28)18-14-9-10-27(11-13-5-2-1-3-6-13)12-17(14)29-22(18)26-20/h1-8,20,26H,9-12H2,(H,25,28)/t20-/m0/s1. The van der Waals surface area contributed by atoms with Gasteiger partial charge in [0.1, 0.15) is 11.2 Å². The average molecular weight is 444 g/mol. The van der Waals surface area contributed by atoms with Crippen LogP contribution in [0.1, 0.15) is 38.1 Å². The van der Waals surface area contributed by atoms with Gasteiger partial charge in [0, 0.05) is 40.1 Å². The third-order valence-electron chi connectivity index (χ3n) is 5.45. The van der Waals surface area contributed by atoms with E-state index in [1.54, 1.807) is 29.5 Å². The van der Waals surface area contributed by atoms with Crippen molar-refractivity contribution >= 4 is 45.4 Å². The first kappa shape index (κ1) is 18.9. The molecule has 0 saturated carbocycles. The Labute approximate surface area is 183 Å². The number of nitrogens with zero attached hydrogens (tertiary/aromatic N) is 1. The van der Waals surface area contributed by atoms with Gasteiger partial charge in [-0.3, -0.25) is 9.69 Å². The highest BCUT2D eigenvalue weighted by Gasteiger charge is 2.34. The maximum Gasteiger partial charge on any atom is 0.256 e. The quantitative estimate of drug-likeness (QED) is 0.563. The van der Waals surface area contributed by atoms with Crippen LogP contribution in [0.3, 0.4) is 0 Å². The number of hydrogen-bond donors (Lipinski definition) is 2. The summed E-state index contributed by atoms with van der Waals surface area (Å²) < 4.78 is 0. The van der Waals surface area contributed by atoms with E-state index >= 15 is 0 Å². The average Bonchev–Trinajstić information content (AvgIpc) is 3.07. The lowest BCUT2D eigenvalue weighted by Gasteiger charge is -2.29. The van der Waals surface area contributed by atoms with Gasteiger partial charge in [-0.05, 0) is 29.7 Å². The summed E-state index contributed by atoms with van der Waals surface area (Å²) in [6.07, 6.45) is 0.442. The molecular weight excluding hydrogens is 425 g/mol. The molecule has 1 atom stereocenters. The molecule has 148 valence electrons. The molecule has 0 spiro atoms. The van der Waals surface area contributed by atoms with Gasteiger partial charge in [-0.2, -0.15) is 0 Å². The summed E-state index contributed by atoms with van der Waals surface area (Å²) in [5.74, 6) is -0.0613. The second kappa shape index (κ2) is 7.65. The summed E-state index contributed by atoms with van der Waals surface area (Å²) in [7, 11) is 0. The van der Waals surface area contributed by atoms with E-state index in [1.165, 1.54) is 16.0 Å². The molecule has 4 nitrogen and oxygen atoms in total. The summed E-state index contributed by atoms with van der Waals surface area (Å²) >= 11 is 14.4. The molecule has 2 aliphatic heterocycles. The van der Waals surface area contributed by atoms with Crippen molar-refractivity contribution in [3.63, 3.8) is 0 Å². The van der Waals surface area contributed by atoms with Crippen LogP contribution < -0.4 is 10.6 Å². The fraction of sp³-hybridized carbons (Fsp3) is 0.227. The Kier molecular flexibility index (Phi) is 5.00. The van der Waals surface area contributed by atoms with E-state index in [-0.39, 0.29) is 5.91 Å². The normalized spacial score (nSPS) is 18.6. The lowest BCUT2D eigenvalue weighted by Crippen LogP contribution is -2.39. The van der Waals surface area contributed by atoms with Crippen molar-refractivity contribution in [1.82, 2.24) is 10.2 Å². The van der Waals surface area contributed by atoms with Gasteiger partial charge in [-0.25, -0.2) is 0 Å². The number of carbonyl (C=O) groups is 1. The maximum absolute atomic E-state index is 13.0. The van der Waals surface area contributed by atoms with Gasteiger partial charge in [-0.15, -0.1) is 11.3 Å². The van der Waals surface area contributed by atoms with Gasteiger partial charge in [0.05, 0.1) is 5.56 Å². The Morgan fingerprint density at radius 2 is 1.79 bits per heavy atom. The van der Waals surface area contributed by atoms with E-state index in [9.17, 15) is 4.79 Å². The smallest absolute Gasteiger partial charge is 0.256 e. The van der Waals surface area contributed by atoms with Gasteiger partial charge >= 0.3 is 0 Å². The Bertz CT molecular complexity index is 1060. The van der Waals surface area contributed by atoms with E-state index in [2.05, 4.69) is 39.8 Å². The number of amides is 1. The van der Waals surface area contributed by atoms with Gasteiger partial charge in [0.15, 0.2) is 0 Å². The highest BCUT2D eigenvalue weighted by atomic mass is 35.5. The number of anilines is 1. The first-order valence-corrected chi connectivity index (χ1v) is 11.1. The van der Waals surface area contributed by atoms with Crippen LogP contribution in [0.5, 0.6) is 0 Å². The fourth-order valence-electron chi connectivity index (χ4n) is 4.08. The van der Waals surface area contributed by atoms with E-state index < -0.39 is 6.17 Å². The largest absolute Gasteiger partial charge is 0.353 e. The number of hydrogen-bond acceptors (Lipinski definition) is 4. The van der Waals surface area contributed by atoms with Gasteiger partial charge in [0.25, 0.3) is 5.91 Å². The summed E-state index contributed by atoms with van der Waals surface area (Å²) in [6.45, 7) is 2.72. The van der Waals surface area contributed by atoms with Crippen LogP contribution in [0.2, 0.25) is 10.0 Å². The van der Waals surface area contributed by atoms with E-state index in [0.717, 1.165) is 36.6 Å². The second-order valence-corrected chi connectivity index (χ2v) is 9.26. The lowest BCUT2D eigenvalue weighted by atomic mass is 10.00. The van der Waals surface area contributed by atoms with Crippen molar-refractivity contribution in [2.45, 2.75) is 25.7 Å². The molecule has 1 aromatic heterocycles. The molecule has 2 aromatic carbocycles. The predicted octanol–water partition coefficient (Wildman–Crippen LogP) is 5.47. The van der Waals surface area contributed by atoms with Crippen molar-refractivity contribution in [2.24, 2.45) is 0 Å². The molecule has 2 aliphatic rings. The topological polar surface area (TPSA) is 44.4 Å². The number of halogens is 2. The van der Waals surface area contributed by atoms with Crippen LogP contribution in [-0.2, 0) is 19.5 Å². The fourth-order valence-corrected chi connectivity index (χ4v) is 6.01. The Hall–Kier alpha value is -2.05. The third-order valence-corrected chi connectivity index (χ3v) is 7.26. The number of thiophene rings is 1. The van der Waals surface area contributed by atoms with Crippen molar-refractivity contribution in [3.05, 3.63) is 85.7 Å². The highest BCUT2D eigenvalue weighted by Crippen LogP contribution is 2.42. The number of nitrogens with one attached hydrogen (secondary N) is 2. The second-order valence-electron chi connectivity index (χ2n) is 7.34. The van der Waals surface area contributed by atoms with Crippen molar-refractivity contribution < 1.29 is 4.79 Å². The third kappa shape index (κ3) is 3.53. The minimum atomic E-state index is -0.434. The van der Waals surface area contributed by atoms with Gasteiger partial charge in [0.2, 0.25) is 0 Å².